The lowest BCUT2D eigenvalue weighted by Crippen LogP contribution is -2.22. The smallest absolute Gasteiger partial charge is 0.342 e. The first kappa shape index (κ1) is 14.2. The van der Waals surface area contributed by atoms with Gasteiger partial charge >= 0.3 is 5.97 Å². The molecule has 0 bridgehead atoms. The van der Waals surface area contributed by atoms with Gasteiger partial charge in [-0.3, -0.25) is 0 Å². The van der Waals surface area contributed by atoms with Crippen LogP contribution < -0.4 is 0 Å². The van der Waals surface area contributed by atoms with E-state index in [0.717, 1.165) is 19.4 Å². The Hall–Kier alpha value is -1.20. The first-order valence-electron chi connectivity index (χ1n) is 6.51. The van der Waals surface area contributed by atoms with Crippen LogP contribution in [-0.2, 0) is 15.9 Å². The first-order valence-corrected chi connectivity index (χ1v) is 6.88. The van der Waals surface area contributed by atoms with Gasteiger partial charge in [-0.05, 0) is 26.2 Å². The lowest BCUT2D eigenvalue weighted by Gasteiger charge is -2.21. The molecule has 1 aliphatic rings. The number of hydrogen-bond acceptors (Lipinski definition) is 5. The third-order valence-corrected chi connectivity index (χ3v) is 3.26. The minimum absolute atomic E-state index is 0.138. The zero-order valence-electron chi connectivity index (χ0n) is 10.9. The topological polar surface area (TPSA) is 61.3 Å². The van der Waals surface area contributed by atoms with Gasteiger partial charge in [0.15, 0.2) is 0 Å². The standard InChI is InChI=1S/C13H17ClN2O3/c1-2-18-13(17)10-8-15-11(16-12(10)14)7-9-5-3-4-6-19-9/h8-9H,2-7H2,1H3. The Morgan fingerprint density at radius 2 is 2.42 bits per heavy atom. The zero-order chi connectivity index (χ0) is 13.7. The molecule has 0 aromatic carbocycles. The zero-order valence-corrected chi connectivity index (χ0v) is 11.7. The summed E-state index contributed by atoms with van der Waals surface area (Å²) in [5, 5.41) is 0.138. The molecule has 2 heterocycles. The van der Waals surface area contributed by atoms with Crippen LogP contribution in [0.3, 0.4) is 0 Å². The van der Waals surface area contributed by atoms with Gasteiger partial charge in [-0.2, -0.15) is 0 Å². The quantitative estimate of drug-likeness (QED) is 0.628. The van der Waals surface area contributed by atoms with Crippen molar-refractivity contribution in [2.24, 2.45) is 0 Å². The predicted molar refractivity (Wildman–Crippen MR) is 70.3 cm³/mol. The largest absolute Gasteiger partial charge is 0.462 e. The van der Waals surface area contributed by atoms with Crippen LogP contribution >= 0.6 is 11.6 Å². The van der Waals surface area contributed by atoms with Crippen molar-refractivity contribution >= 4 is 17.6 Å². The number of rotatable bonds is 4. The second kappa shape index (κ2) is 6.82. The van der Waals surface area contributed by atoms with E-state index in [-0.39, 0.29) is 16.8 Å². The molecule has 0 spiro atoms. The van der Waals surface area contributed by atoms with E-state index in [1.807, 2.05) is 0 Å². The highest BCUT2D eigenvalue weighted by molar-refractivity contribution is 6.32. The van der Waals surface area contributed by atoms with Gasteiger partial charge in [0.1, 0.15) is 16.5 Å². The van der Waals surface area contributed by atoms with E-state index in [2.05, 4.69) is 9.97 Å². The molecule has 0 radical (unpaired) electrons. The minimum atomic E-state index is -0.493. The highest BCUT2D eigenvalue weighted by Crippen LogP contribution is 2.18. The van der Waals surface area contributed by atoms with Crippen molar-refractivity contribution in [3.8, 4) is 0 Å². The number of carbonyl (C=O) groups excluding carboxylic acids is 1. The monoisotopic (exact) mass is 284 g/mol. The van der Waals surface area contributed by atoms with Gasteiger partial charge in [0, 0.05) is 19.2 Å². The molecule has 0 amide bonds. The van der Waals surface area contributed by atoms with Crippen LogP contribution in [0.4, 0.5) is 0 Å². The van der Waals surface area contributed by atoms with Gasteiger partial charge in [0.2, 0.25) is 0 Å². The molecule has 1 fully saturated rings. The molecule has 2 rings (SSSR count). The molecule has 1 atom stereocenters. The molecule has 1 aliphatic heterocycles. The van der Waals surface area contributed by atoms with Crippen LogP contribution in [0, 0.1) is 0 Å². The summed E-state index contributed by atoms with van der Waals surface area (Å²) >= 11 is 5.98. The van der Waals surface area contributed by atoms with Crippen LogP contribution in [0.1, 0.15) is 42.4 Å². The van der Waals surface area contributed by atoms with E-state index in [0.29, 0.717) is 18.9 Å². The van der Waals surface area contributed by atoms with Gasteiger partial charge in [-0.25, -0.2) is 14.8 Å². The molecule has 1 aromatic rings. The van der Waals surface area contributed by atoms with Crippen molar-refractivity contribution in [1.29, 1.82) is 0 Å². The SMILES string of the molecule is CCOC(=O)c1cnc(CC2CCCCO2)nc1Cl. The lowest BCUT2D eigenvalue weighted by molar-refractivity contribution is 0.0156. The van der Waals surface area contributed by atoms with Crippen molar-refractivity contribution in [2.45, 2.75) is 38.7 Å². The van der Waals surface area contributed by atoms with Gasteiger partial charge < -0.3 is 9.47 Å². The Morgan fingerprint density at radius 3 is 3.05 bits per heavy atom. The third-order valence-electron chi connectivity index (χ3n) is 2.97. The number of carbonyl (C=O) groups is 1. The Labute approximate surface area is 117 Å². The average molecular weight is 285 g/mol. The van der Waals surface area contributed by atoms with E-state index in [1.165, 1.54) is 12.6 Å². The lowest BCUT2D eigenvalue weighted by atomic mass is 10.1. The van der Waals surface area contributed by atoms with E-state index >= 15 is 0 Å². The second-order valence-electron chi connectivity index (χ2n) is 4.40. The summed E-state index contributed by atoms with van der Waals surface area (Å²) < 4.78 is 10.5. The summed E-state index contributed by atoms with van der Waals surface area (Å²) in [4.78, 5) is 19.9. The number of halogens is 1. The third kappa shape index (κ3) is 3.88. The molecule has 6 heteroatoms. The predicted octanol–water partition coefficient (Wildman–Crippen LogP) is 2.42. The van der Waals surface area contributed by atoms with E-state index in [9.17, 15) is 4.79 Å². The molecule has 0 aliphatic carbocycles. The summed E-state index contributed by atoms with van der Waals surface area (Å²) in [6.45, 7) is 2.83. The molecule has 19 heavy (non-hydrogen) atoms. The minimum Gasteiger partial charge on any atom is -0.462 e. The van der Waals surface area contributed by atoms with Gasteiger partial charge in [0.05, 0.1) is 12.7 Å². The summed E-state index contributed by atoms with van der Waals surface area (Å²) in [6, 6.07) is 0. The van der Waals surface area contributed by atoms with E-state index in [4.69, 9.17) is 21.1 Å². The maximum absolute atomic E-state index is 11.6. The normalized spacial score (nSPS) is 19.2. The number of esters is 1. The molecule has 0 saturated carbocycles. The van der Waals surface area contributed by atoms with E-state index < -0.39 is 5.97 Å². The summed E-state index contributed by atoms with van der Waals surface area (Å²) in [5.74, 6) is 0.109. The molecular formula is C13H17ClN2O3. The fraction of sp³-hybridized carbons (Fsp3) is 0.615. The molecule has 1 saturated heterocycles. The fourth-order valence-corrected chi connectivity index (χ4v) is 2.23. The Kier molecular flexibility index (Phi) is 5.10. The number of hydrogen-bond donors (Lipinski definition) is 0. The molecular weight excluding hydrogens is 268 g/mol. The maximum Gasteiger partial charge on any atom is 0.342 e. The fourth-order valence-electron chi connectivity index (χ4n) is 2.01. The number of ether oxygens (including phenoxy) is 2. The van der Waals surface area contributed by atoms with Gasteiger partial charge in [0.25, 0.3) is 0 Å². The Morgan fingerprint density at radius 1 is 1.58 bits per heavy atom. The van der Waals surface area contributed by atoms with E-state index in [1.54, 1.807) is 6.92 Å². The van der Waals surface area contributed by atoms with Crippen molar-refractivity contribution in [2.75, 3.05) is 13.2 Å². The second-order valence-corrected chi connectivity index (χ2v) is 4.76. The van der Waals surface area contributed by atoms with Crippen LogP contribution in [0.2, 0.25) is 5.15 Å². The molecule has 1 aromatic heterocycles. The Balaban J connectivity index is 2.03. The average Bonchev–Trinajstić information content (AvgIpc) is 2.40. The number of nitrogens with zero attached hydrogens (tertiary/aromatic N) is 2. The van der Waals surface area contributed by atoms with Crippen LogP contribution in [-0.4, -0.2) is 35.3 Å². The van der Waals surface area contributed by atoms with Gasteiger partial charge in [-0.1, -0.05) is 11.6 Å². The number of aromatic nitrogens is 2. The van der Waals surface area contributed by atoms with Crippen LogP contribution in [0.5, 0.6) is 0 Å². The highest BCUT2D eigenvalue weighted by Gasteiger charge is 2.18. The first-order chi connectivity index (χ1) is 9.20. The van der Waals surface area contributed by atoms with Crippen molar-refractivity contribution < 1.29 is 14.3 Å². The molecule has 1 unspecified atom stereocenters. The summed E-state index contributed by atoms with van der Waals surface area (Å²) in [5.41, 5.74) is 0.205. The molecule has 5 nitrogen and oxygen atoms in total. The van der Waals surface area contributed by atoms with Crippen LogP contribution in [0.25, 0.3) is 0 Å². The summed E-state index contributed by atoms with van der Waals surface area (Å²) in [6.07, 6.45) is 5.49. The van der Waals surface area contributed by atoms with Gasteiger partial charge in [-0.15, -0.1) is 0 Å². The molecule has 0 N–H and O–H groups in total. The summed E-state index contributed by atoms with van der Waals surface area (Å²) in [7, 11) is 0. The Bertz CT molecular complexity index is 448. The highest BCUT2D eigenvalue weighted by atomic mass is 35.5. The van der Waals surface area contributed by atoms with Crippen molar-refractivity contribution in [3.63, 3.8) is 0 Å². The maximum atomic E-state index is 11.6. The molecule has 104 valence electrons. The van der Waals surface area contributed by atoms with Crippen LogP contribution in [0.15, 0.2) is 6.20 Å². The van der Waals surface area contributed by atoms with Crippen molar-refractivity contribution in [3.05, 3.63) is 22.7 Å². The van der Waals surface area contributed by atoms with Crippen molar-refractivity contribution in [1.82, 2.24) is 9.97 Å².